The normalized spacial score (nSPS) is 28.8. The molecule has 0 atom stereocenters. The zero-order chi connectivity index (χ0) is 19.9. The fourth-order valence-electron chi connectivity index (χ4n) is 4.88. The van der Waals surface area contributed by atoms with Crippen molar-refractivity contribution in [2.24, 2.45) is 17.8 Å². The highest BCUT2D eigenvalue weighted by Gasteiger charge is 2.29. The summed E-state index contributed by atoms with van der Waals surface area (Å²) in [5, 5.41) is 8.43. The van der Waals surface area contributed by atoms with Gasteiger partial charge in [-0.15, -0.1) is 0 Å². The summed E-state index contributed by atoms with van der Waals surface area (Å²) in [6.45, 7) is 4.47. The third-order valence-corrected chi connectivity index (χ3v) is 6.62. The molecule has 0 radical (unpaired) electrons. The van der Waals surface area contributed by atoms with Crippen LogP contribution in [-0.2, 0) is 0 Å². The van der Waals surface area contributed by atoms with E-state index in [2.05, 4.69) is 6.58 Å². The summed E-state index contributed by atoms with van der Waals surface area (Å²) in [6, 6.07) is 8.49. The van der Waals surface area contributed by atoms with Crippen LogP contribution in [-0.4, -0.2) is 0 Å². The van der Waals surface area contributed by atoms with Crippen molar-refractivity contribution in [2.45, 2.75) is 57.3 Å². The molecule has 0 spiro atoms. The van der Waals surface area contributed by atoms with Crippen molar-refractivity contribution in [2.75, 3.05) is 0 Å². The van der Waals surface area contributed by atoms with Crippen molar-refractivity contribution in [3.63, 3.8) is 0 Å². The summed E-state index contributed by atoms with van der Waals surface area (Å²) in [7, 11) is 0. The highest BCUT2D eigenvalue weighted by molar-refractivity contribution is 5.22. The van der Waals surface area contributed by atoms with Crippen LogP contribution in [0.25, 0.3) is 0 Å². The SMILES string of the molecule is C=C(C1CCC(/C=C/C=C(\F)C#N)CC1)C1CCC(c2ccc(F)cc2)CC1. The summed E-state index contributed by atoms with van der Waals surface area (Å²) in [6.07, 6.45) is 14.1. The van der Waals surface area contributed by atoms with Crippen LogP contribution in [0, 0.1) is 34.9 Å². The molecule has 0 aromatic heterocycles. The molecule has 0 heterocycles. The average molecular weight is 382 g/mol. The second-order valence-electron chi connectivity index (χ2n) is 8.30. The fourth-order valence-corrected chi connectivity index (χ4v) is 4.88. The van der Waals surface area contributed by atoms with Crippen LogP contribution < -0.4 is 0 Å². The van der Waals surface area contributed by atoms with Gasteiger partial charge in [0.15, 0.2) is 5.83 Å². The first-order chi connectivity index (χ1) is 13.6. The lowest BCUT2D eigenvalue weighted by Crippen LogP contribution is -2.22. The maximum Gasteiger partial charge on any atom is 0.199 e. The molecule has 1 aromatic rings. The van der Waals surface area contributed by atoms with E-state index in [4.69, 9.17) is 5.26 Å². The predicted octanol–water partition coefficient (Wildman–Crippen LogP) is 7.40. The average Bonchev–Trinajstić information content (AvgIpc) is 2.74. The smallest absolute Gasteiger partial charge is 0.199 e. The number of benzene rings is 1. The number of halogens is 2. The maximum absolute atomic E-state index is 13.1. The summed E-state index contributed by atoms with van der Waals surface area (Å²) in [5.74, 6) is 1.33. The van der Waals surface area contributed by atoms with Gasteiger partial charge in [-0.3, -0.25) is 0 Å². The maximum atomic E-state index is 13.1. The van der Waals surface area contributed by atoms with Crippen molar-refractivity contribution >= 4 is 0 Å². The Morgan fingerprint density at radius 3 is 2.11 bits per heavy atom. The lowest BCUT2D eigenvalue weighted by atomic mass is 9.70. The highest BCUT2D eigenvalue weighted by atomic mass is 19.1. The second kappa shape index (κ2) is 9.82. The largest absolute Gasteiger partial charge is 0.207 e. The first kappa shape index (κ1) is 20.5. The van der Waals surface area contributed by atoms with E-state index in [-0.39, 0.29) is 5.82 Å². The quantitative estimate of drug-likeness (QED) is 0.296. The van der Waals surface area contributed by atoms with E-state index < -0.39 is 5.83 Å². The third-order valence-electron chi connectivity index (χ3n) is 6.62. The molecule has 1 nitrogen and oxygen atoms in total. The van der Waals surface area contributed by atoms with Gasteiger partial charge in [0.05, 0.1) is 0 Å². The van der Waals surface area contributed by atoms with Crippen molar-refractivity contribution in [3.8, 4) is 6.07 Å². The Morgan fingerprint density at radius 1 is 0.964 bits per heavy atom. The van der Waals surface area contributed by atoms with E-state index in [1.165, 1.54) is 36.1 Å². The van der Waals surface area contributed by atoms with E-state index in [0.29, 0.717) is 23.7 Å². The lowest BCUT2D eigenvalue weighted by molar-refractivity contribution is 0.290. The van der Waals surface area contributed by atoms with E-state index in [0.717, 1.165) is 38.5 Å². The molecule has 28 heavy (non-hydrogen) atoms. The second-order valence-corrected chi connectivity index (χ2v) is 8.30. The van der Waals surface area contributed by atoms with Gasteiger partial charge in [-0.25, -0.2) is 4.39 Å². The Labute approximate surface area is 167 Å². The van der Waals surface area contributed by atoms with Gasteiger partial charge >= 0.3 is 0 Å². The van der Waals surface area contributed by atoms with Crippen LogP contribution in [0.1, 0.15) is 62.8 Å². The van der Waals surface area contributed by atoms with Crippen molar-refractivity contribution < 1.29 is 8.78 Å². The molecule has 0 saturated heterocycles. The van der Waals surface area contributed by atoms with E-state index in [1.54, 1.807) is 18.2 Å². The first-order valence-corrected chi connectivity index (χ1v) is 10.4. The minimum absolute atomic E-state index is 0.164. The number of nitrogens with zero attached hydrogens (tertiary/aromatic N) is 1. The number of nitriles is 1. The molecular formula is C25H29F2N. The molecule has 2 aliphatic carbocycles. The number of rotatable bonds is 5. The minimum Gasteiger partial charge on any atom is -0.207 e. The molecule has 0 amide bonds. The van der Waals surface area contributed by atoms with Gasteiger partial charge in [0.1, 0.15) is 11.9 Å². The molecule has 3 heteroatoms. The molecule has 2 saturated carbocycles. The summed E-state index contributed by atoms with van der Waals surface area (Å²) in [5.41, 5.74) is 2.69. The topological polar surface area (TPSA) is 23.8 Å². The summed E-state index contributed by atoms with van der Waals surface area (Å²) >= 11 is 0. The minimum atomic E-state index is -0.741. The van der Waals surface area contributed by atoms with Gasteiger partial charge in [-0.1, -0.05) is 36.4 Å². The lowest BCUT2D eigenvalue weighted by Gasteiger charge is -2.36. The van der Waals surface area contributed by atoms with Gasteiger partial charge in [0, 0.05) is 0 Å². The molecule has 0 bridgehead atoms. The van der Waals surface area contributed by atoms with Crippen molar-refractivity contribution in [1.82, 2.24) is 0 Å². The van der Waals surface area contributed by atoms with E-state index in [9.17, 15) is 8.78 Å². The number of hydrogen-bond acceptors (Lipinski definition) is 1. The Balaban J connectivity index is 1.45. The summed E-state index contributed by atoms with van der Waals surface area (Å²) in [4.78, 5) is 0. The Hall–Kier alpha value is -2.21. The molecule has 2 aliphatic rings. The number of allylic oxidation sites excluding steroid dienone is 5. The van der Waals surface area contributed by atoms with Gasteiger partial charge in [-0.2, -0.15) is 9.65 Å². The van der Waals surface area contributed by atoms with Gasteiger partial charge in [-0.05, 0) is 98.8 Å². The summed E-state index contributed by atoms with van der Waals surface area (Å²) < 4.78 is 26.0. The molecule has 0 aliphatic heterocycles. The first-order valence-electron chi connectivity index (χ1n) is 10.4. The van der Waals surface area contributed by atoms with E-state index >= 15 is 0 Å². The fraction of sp³-hybridized carbons (Fsp3) is 0.480. The van der Waals surface area contributed by atoms with Gasteiger partial charge in [0.2, 0.25) is 0 Å². The monoisotopic (exact) mass is 381 g/mol. The van der Waals surface area contributed by atoms with Crippen LogP contribution in [0.15, 0.2) is 60.5 Å². The Bertz CT molecular complexity index is 753. The van der Waals surface area contributed by atoms with Crippen molar-refractivity contribution in [1.29, 1.82) is 5.26 Å². The van der Waals surface area contributed by atoms with Crippen LogP contribution in [0.4, 0.5) is 8.78 Å². The van der Waals surface area contributed by atoms with Crippen molar-refractivity contribution in [3.05, 3.63) is 71.9 Å². The van der Waals surface area contributed by atoms with Crippen LogP contribution >= 0.6 is 0 Å². The van der Waals surface area contributed by atoms with E-state index in [1.807, 2.05) is 18.2 Å². The highest BCUT2D eigenvalue weighted by Crippen LogP contribution is 2.43. The molecule has 3 rings (SSSR count). The molecule has 0 N–H and O–H groups in total. The molecule has 148 valence electrons. The standard InChI is InChI=1S/C25H29F2N/c1-18(20-7-5-19(6-8-20)3-2-4-25(27)17-28)21-9-11-22(12-10-21)23-13-15-24(26)16-14-23/h2-4,13-16,19-22H,1,5-12H2/b3-2+,25-4-. The zero-order valence-electron chi connectivity index (χ0n) is 16.4. The molecule has 2 fully saturated rings. The zero-order valence-corrected chi connectivity index (χ0v) is 16.4. The Kier molecular flexibility index (Phi) is 7.20. The third kappa shape index (κ3) is 5.41. The van der Waals surface area contributed by atoms with Crippen LogP contribution in [0.2, 0.25) is 0 Å². The van der Waals surface area contributed by atoms with Gasteiger partial charge < -0.3 is 0 Å². The molecular weight excluding hydrogens is 352 g/mol. The predicted molar refractivity (Wildman–Crippen MR) is 110 cm³/mol. The number of hydrogen-bond donors (Lipinski definition) is 0. The molecule has 0 unspecified atom stereocenters. The van der Waals surface area contributed by atoms with Crippen LogP contribution in [0.3, 0.4) is 0 Å². The van der Waals surface area contributed by atoms with Crippen LogP contribution in [0.5, 0.6) is 0 Å². The van der Waals surface area contributed by atoms with Gasteiger partial charge in [0.25, 0.3) is 0 Å². The Morgan fingerprint density at radius 2 is 1.54 bits per heavy atom. The molecule has 1 aromatic carbocycles.